The van der Waals surface area contributed by atoms with Crippen molar-refractivity contribution in [2.75, 3.05) is 36.4 Å². The largest absolute Gasteiger partial charge is 0.467 e. The number of rotatable bonds is 6. The van der Waals surface area contributed by atoms with Crippen LogP contribution in [0, 0.1) is 10.1 Å². The molecule has 0 unspecified atom stereocenters. The van der Waals surface area contributed by atoms with Gasteiger partial charge in [0.1, 0.15) is 11.4 Å². The average Bonchev–Trinajstić information content (AvgIpc) is 3.45. The normalized spacial score (nSPS) is 14.1. The zero-order valence-electron chi connectivity index (χ0n) is 15.6. The summed E-state index contributed by atoms with van der Waals surface area (Å²) in [7, 11) is 0. The van der Waals surface area contributed by atoms with Gasteiger partial charge >= 0.3 is 0 Å². The molecule has 4 rings (SSSR count). The van der Waals surface area contributed by atoms with Gasteiger partial charge in [-0.25, -0.2) is 0 Å². The third kappa shape index (κ3) is 4.08. The lowest BCUT2D eigenvalue weighted by atomic mass is 10.2. The summed E-state index contributed by atoms with van der Waals surface area (Å²) in [5.41, 5.74) is 1.30. The first kappa shape index (κ1) is 18.6. The molecule has 0 atom stereocenters. The maximum Gasteiger partial charge on any atom is 0.292 e. The number of amides is 1. The molecule has 0 radical (unpaired) electrons. The van der Waals surface area contributed by atoms with Gasteiger partial charge in [0.05, 0.1) is 24.0 Å². The van der Waals surface area contributed by atoms with Gasteiger partial charge < -0.3 is 24.0 Å². The van der Waals surface area contributed by atoms with Crippen LogP contribution in [-0.4, -0.2) is 41.9 Å². The van der Waals surface area contributed by atoms with Crippen molar-refractivity contribution in [2.24, 2.45) is 0 Å². The monoisotopic (exact) mass is 396 g/mol. The summed E-state index contributed by atoms with van der Waals surface area (Å²) in [6.45, 7) is 2.70. The molecule has 1 saturated heterocycles. The average molecular weight is 396 g/mol. The Kier molecular flexibility index (Phi) is 5.19. The van der Waals surface area contributed by atoms with E-state index in [0.29, 0.717) is 49.9 Å². The molecule has 1 amide bonds. The third-order valence-corrected chi connectivity index (χ3v) is 4.87. The molecule has 9 nitrogen and oxygen atoms in total. The first-order valence-electron chi connectivity index (χ1n) is 9.24. The SMILES string of the molecule is O=C(c1ccco1)N1CCN(c2ccc([N+](=O)[O-])c(NCc3ccco3)c2)CC1. The van der Waals surface area contributed by atoms with Crippen molar-refractivity contribution in [3.63, 3.8) is 0 Å². The van der Waals surface area contributed by atoms with Crippen molar-refractivity contribution >= 4 is 23.0 Å². The van der Waals surface area contributed by atoms with Crippen LogP contribution >= 0.6 is 0 Å². The molecule has 29 heavy (non-hydrogen) atoms. The van der Waals surface area contributed by atoms with Crippen LogP contribution in [0.15, 0.2) is 63.8 Å². The van der Waals surface area contributed by atoms with E-state index in [0.717, 1.165) is 5.69 Å². The summed E-state index contributed by atoms with van der Waals surface area (Å²) in [6, 6.07) is 11.9. The Labute approximate surface area is 166 Å². The quantitative estimate of drug-likeness (QED) is 0.503. The first-order chi connectivity index (χ1) is 14.1. The Balaban J connectivity index is 1.45. The summed E-state index contributed by atoms with van der Waals surface area (Å²) in [4.78, 5) is 27.2. The molecule has 1 N–H and O–H groups in total. The lowest BCUT2D eigenvalue weighted by molar-refractivity contribution is -0.384. The van der Waals surface area contributed by atoms with Gasteiger partial charge in [-0.05, 0) is 36.4 Å². The van der Waals surface area contributed by atoms with Crippen molar-refractivity contribution in [3.8, 4) is 0 Å². The van der Waals surface area contributed by atoms with Crippen molar-refractivity contribution in [2.45, 2.75) is 6.54 Å². The fourth-order valence-electron chi connectivity index (χ4n) is 3.34. The lowest BCUT2D eigenvalue weighted by Gasteiger charge is -2.35. The fourth-order valence-corrected chi connectivity index (χ4v) is 3.34. The minimum Gasteiger partial charge on any atom is -0.467 e. The number of carbonyl (C=O) groups is 1. The lowest BCUT2D eigenvalue weighted by Crippen LogP contribution is -2.48. The number of nitrogens with zero attached hydrogens (tertiary/aromatic N) is 3. The molecule has 3 heterocycles. The number of hydrogen-bond donors (Lipinski definition) is 1. The van der Waals surface area contributed by atoms with Crippen LogP contribution in [0.3, 0.4) is 0 Å². The van der Waals surface area contributed by atoms with Gasteiger partial charge in [0, 0.05) is 37.9 Å². The van der Waals surface area contributed by atoms with Crippen LogP contribution in [-0.2, 0) is 6.54 Å². The predicted octanol–water partition coefficient (Wildman–Crippen LogP) is 3.36. The molecule has 0 saturated carbocycles. The maximum absolute atomic E-state index is 12.4. The molecule has 1 aromatic carbocycles. The van der Waals surface area contributed by atoms with Crippen LogP contribution in [0.4, 0.5) is 17.1 Å². The number of carbonyl (C=O) groups excluding carboxylic acids is 1. The number of benzene rings is 1. The summed E-state index contributed by atoms with van der Waals surface area (Å²) in [6.07, 6.45) is 3.04. The molecule has 0 spiro atoms. The van der Waals surface area contributed by atoms with Crippen molar-refractivity contribution in [3.05, 3.63) is 76.6 Å². The first-order valence-corrected chi connectivity index (χ1v) is 9.24. The van der Waals surface area contributed by atoms with Gasteiger partial charge in [-0.1, -0.05) is 0 Å². The Morgan fingerprint density at radius 3 is 2.48 bits per heavy atom. The molecule has 0 aliphatic carbocycles. The highest BCUT2D eigenvalue weighted by Crippen LogP contribution is 2.30. The van der Waals surface area contributed by atoms with Gasteiger partial charge in [0.2, 0.25) is 0 Å². The molecule has 3 aromatic rings. The van der Waals surface area contributed by atoms with Crippen molar-refractivity contribution in [1.82, 2.24) is 4.90 Å². The zero-order valence-corrected chi connectivity index (χ0v) is 15.6. The Hall–Kier alpha value is -3.75. The van der Waals surface area contributed by atoms with Gasteiger partial charge in [0.15, 0.2) is 5.76 Å². The van der Waals surface area contributed by atoms with Crippen LogP contribution in [0.5, 0.6) is 0 Å². The second-order valence-electron chi connectivity index (χ2n) is 6.65. The number of nitro benzene ring substituents is 1. The summed E-state index contributed by atoms with van der Waals surface area (Å²) in [5.74, 6) is 0.895. The minimum absolute atomic E-state index is 0.00643. The van der Waals surface area contributed by atoms with Crippen LogP contribution in [0.2, 0.25) is 0 Å². The minimum atomic E-state index is -0.409. The zero-order chi connectivity index (χ0) is 20.2. The second-order valence-corrected chi connectivity index (χ2v) is 6.65. The second kappa shape index (κ2) is 8.09. The summed E-state index contributed by atoms with van der Waals surface area (Å²) < 4.78 is 10.5. The topological polar surface area (TPSA) is 105 Å². The molecule has 1 fully saturated rings. The van der Waals surface area contributed by atoms with Gasteiger partial charge in [0.25, 0.3) is 11.6 Å². The number of piperazine rings is 1. The smallest absolute Gasteiger partial charge is 0.292 e. The molecular formula is C20H20N4O5. The van der Waals surface area contributed by atoms with E-state index in [9.17, 15) is 14.9 Å². The summed E-state index contributed by atoms with van der Waals surface area (Å²) in [5, 5.41) is 14.5. The van der Waals surface area contributed by atoms with E-state index in [2.05, 4.69) is 10.2 Å². The number of nitro groups is 1. The highest BCUT2D eigenvalue weighted by Gasteiger charge is 2.25. The van der Waals surface area contributed by atoms with E-state index in [-0.39, 0.29) is 11.6 Å². The van der Waals surface area contributed by atoms with Crippen LogP contribution in [0.1, 0.15) is 16.3 Å². The summed E-state index contributed by atoms with van der Waals surface area (Å²) >= 11 is 0. The number of hydrogen-bond acceptors (Lipinski definition) is 7. The standard InChI is InChI=1S/C20H20N4O5/c25-20(19-4-2-12-29-19)23-9-7-22(8-10-23)15-5-6-18(24(26)27)17(13-15)21-14-16-3-1-11-28-16/h1-6,11-13,21H,7-10,14H2. The number of nitrogens with one attached hydrogen (secondary N) is 1. The molecule has 150 valence electrons. The molecule has 0 bridgehead atoms. The van der Waals surface area contributed by atoms with Crippen LogP contribution in [0.25, 0.3) is 0 Å². The highest BCUT2D eigenvalue weighted by atomic mass is 16.6. The van der Waals surface area contributed by atoms with E-state index in [1.165, 1.54) is 12.3 Å². The Morgan fingerprint density at radius 1 is 1.07 bits per heavy atom. The van der Waals surface area contributed by atoms with E-state index in [4.69, 9.17) is 8.83 Å². The van der Waals surface area contributed by atoms with Gasteiger partial charge in [-0.15, -0.1) is 0 Å². The fraction of sp³-hybridized carbons (Fsp3) is 0.250. The number of furan rings is 2. The van der Waals surface area contributed by atoms with Gasteiger partial charge in [-0.2, -0.15) is 0 Å². The van der Waals surface area contributed by atoms with Crippen molar-refractivity contribution in [1.29, 1.82) is 0 Å². The van der Waals surface area contributed by atoms with E-state index < -0.39 is 4.92 Å². The molecule has 9 heteroatoms. The molecule has 1 aliphatic heterocycles. The highest BCUT2D eigenvalue weighted by molar-refractivity contribution is 5.91. The molecule has 2 aromatic heterocycles. The maximum atomic E-state index is 12.4. The van der Waals surface area contributed by atoms with E-state index >= 15 is 0 Å². The van der Waals surface area contributed by atoms with Crippen LogP contribution < -0.4 is 10.2 Å². The number of anilines is 2. The Morgan fingerprint density at radius 2 is 1.83 bits per heavy atom. The van der Waals surface area contributed by atoms with E-state index in [1.807, 2.05) is 0 Å². The van der Waals surface area contributed by atoms with Gasteiger partial charge in [-0.3, -0.25) is 14.9 Å². The third-order valence-electron chi connectivity index (χ3n) is 4.87. The molecule has 1 aliphatic rings. The van der Waals surface area contributed by atoms with Crippen molar-refractivity contribution < 1.29 is 18.6 Å². The Bertz CT molecular complexity index is 976. The molecular weight excluding hydrogens is 376 g/mol. The predicted molar refractivity (Wildman–Crippen MR) is 106 cm³/mol. The van der Waals surface area contributed by atoms with E-state index in [1.54, 1.807) is 47.6 Å².